The van der Waals surface area contributed by atoms with Crippen LogP contribution in [0.3, 0.4) is 0 Å². The number of likely N-dealkylation sites (N-methyl/N-ethyl adjacent to an activating group) is 1. The molecule has 0 aliphatic heterocycles. The maximum atomic E-state index is 11.1. The largest absolute Gasteiger partial charge is 0.336 e. The van der Waals surface area contributed by atoms with Crippen LogP contribution in [0.2, 0.25) is 0 Å². The first-order valence-electron chi connectivity index (χ1n) is 3.70. The van der Waals surface area contributed by atoms with Crippen molar-refractivity contribution < 1.29 is 4.79 Å². The van der Waals surface area contributed by atoms with Gasteiger partial charge in [-0.3, -0.25) is 0 Å². The van der Waals surface area contributed by atoms with Crippen LogP contribution in [-0.2, 0) is 0 Å². The Balaban J connectivity index is 3.72. The Bertz CT molecular complexity index is 143. The smallest absolute Gasteiger partial charge is 0.317 e. The number of nitrogens with one attached hydrogen (secondary N) is 1. The maximum absolute atomic E-state index is 11.1. The van der Waals surface area contributed by atoms with Crippen LogP contribution in [0.4, 0.5) is 4.79 Å². The average molecular weight is 156 g/mol. The highest BCUT2D eigenvalue weighted by atomic mass is 16.2. The number of amides is 2. The molecule has 0 saturated carbocycles. The van der Waals surface area contributed by atoms with Gasteiger partial charge in [-0.1, -0.05) is 6.08 Å². The van der Waals surface area contributed by atoms with Crippen molar-refractivity contribution in [2.75, 3.05) is 13.6 Å². The molecular formula is C8H16N2O. The predicted molar refractivity (Wildman–Crippen MR) is 46.5 cm³/mol. The Morgan fingerprint density at radius 2 is 2.27 bits per heavy atom. The standard InChI is InChI=1S/C8H16N2O/c1-5-6-10(4)8(11)9-7(2)3/h5,7H,1,6H2,2-4H3,(H,9,11). The van der Waals surface area contributed by atoms with Gasteiger partial charge in [-0.2, -0.15) is 0 Å². The molecule has 0 aromatic rings. The van der Waals surface area contributed by atoms with Gasteiger partial charge in [0.15, 0.2) is 0 Å². The highest BCUT2D eigenvalue weighted by Crippen LogP contribution is 1.86. The highest BCUT2D eigenvalue weighted by molar-refractivity contribution is 5.74. The van der Waals surface area contributed by atoms with Crippen LogP contribution in [0.1, 0.15) is 13.8 Å². The molecule has 0 heterocycles. The lowest BCUT2D eigenvalue weighted by molar-refractivity contribution is 0.210. The van der Waals surface area contributed by atoms with Crippen LogP contribution in [0.15, 0.2) is 12.7 Å². The molecule has 0 aliphatic carbocycles. The topological polar surface area (TPSA) is 32.3 Å². The summed E-state index contributed by atoms with van der Waals surface area (Å²) in [5, 5.41) is 2.77. The lowest BCUT2D eigenvalue weighted by Crippen LogP contribution is -2.40. The summed E-state index contributed by atoms with van der Waals surface area (Å²) in [6.45, 7) is 7.98. The molecule has 2 amide bonds. The second-order valence-electron chi connectivity index (χ2n) is 2.77. The maximum Gasteiger partial charge on any atom is 0.317 e. The number of carbonyl (C=O) groups excluding carboxylic acids is 1. The van der Waals surface area contributed by atoms with E-state index in [0.29, 0.717) is 6.54 Å². The van der Waals surface area contributed by atoms with E-state index in [-0.39, 0.29) is 12.1 Å². The molecule has 0 fully saturated rings. The molecular weight excluding hydrogens is 140 g/mol. The van der Waals surface area contributed by atoms with Crippen LogP contribution < -0.4 is 5.32 Å². The molecule has 11 heavy (non-hydrogen) atoms. The molecule has 0 bridgehead atoms. The summed E-state index contributed by atoms with van der Waals surface area (Å²) in [4.78, 5) is 12.7. The van der Waals surface area contributed by atoms with Gasteiger partial charge < -0.3 is 10.2 Å². The number of rotatable bonds is 3. The molecule has 3 nitrogen and oxygen atoms in total. The van der Waals surface area contributed by atoms with Crippen molar-refractivity contribution in [2.24, 2.45) is 0 Å². The van der Waals surface area contributed by atoms with Crippen LogP contribution in [0.5, 0.6) is 0 Å². The number of urea groups is 1. The number of hydrogen-bond donors (Lipinski definition) is 1. The molecule has 0 atom stereocenters. The fraction of sp³-hybridized carbons (Fsp3) is 0.625. The van der Waals surface area contributed by atoms with Gasteiger partial charge in [0, 0.05) is 19.6 Å². The molecule has 0 spiro atoms. The van der Waals surface area contributed by atoms with Crippen molar-refractivity contribution in [3.63, 3.8) is 0 Å². The summed E-state index contributed by atoms with van der Waals surface area (Å²) in [5.74, 6) is 0. The van der Waals surface area contributed by atoms with Crippen molar-refractivity contribution in [1.82, 2.24) is 10.2 Å². The third kappa shape index (κ3) is 4.42. The summed E-state index contributed by atoms with van der Waals surface area (Å²) in [6.07, 6.45) is 1.69. The van der Waals surface area contributed by atoms with E-state index >= 15 is 0 Å². The highest BCUT2D eigenvalue weighted by Gasteiger charge is 2.06. The minimum atomic E-state index is -0.0556. The molecule has 0 aliphatic rings. The van der Waals surface area contributed by atoms with Crippen LogP contribution in [-0.4, -0.2) is 30.6 Å². The van der Waals surface area contributed by atoms with E-state index in [2.05, 4.69) is 11.9 Å². The Hall–Kier alpha value is -0.990. The molecule has 0 aromatic heterocycles. The van der Waals surface area contributed by atoms with E-state index in [1.165, 1.54) is 0 Å². The second-order valence-corrected chi connectivity index (χ2v) is 2.77. The van der Waals surface area contributed by atoms with Crippen LogP contribution in [0, 0.1) is 0 Å². The van der Waals surface area contributed by atoms with Gasteiger partial charge in [-0.05, 0) is 13.8 Å². The minimum absolute atomic E-state index is 0.0556. The summed E-state index contributed by atoms with van der Waals surface area (Å²) in [6, 6.07) is 0.134. The lowest BCUT2D eigenvalue weighted by atomic mass is 10.4. The SMILES string of the molecule is C=CCN(C)C(=O)NC(C)C. The zero-order chi connectivity index (χ0) is 8.85. The van der Waals surface area contributed by atoms with Crippen molar-refractivity contribution in [1.29, 1.82) is 0 Å². The first-order valence-corrected chi connectivity index (χ1v) is 3.70. The van der Waals surface area contributed by atoms with Gasteiger partial charge in [0.2, 0.25) is 0 Å². The van der Waals surface area contributed by atoms with Gasteiger partial charge >= 0.3 is 6.03 Å². The number of nitrogens with zero attached hydrogens (tertiary/aromatic N) is 1. The lowest BCUT2D eigenvalue weighted by Gasteiger charge is -2.17. The molecule has 0 aromatic carbocycles. The van der Waals surface area contributed by atoms with Gasteiger partial charge in [-0.15, -0.1) is 6.58 Å². The zero-order valence-electron chi connectivity index (χ0n) is 7.42. The van der Waals surface area contributed by atoms with Crippen LogP contribution >= 0.6 is 0 Å². The number of hydrogen-bond acceptors (Lipinski definition) is 1. The molecule has 0 rings (SSSR count). The quantitative estimate of drug-likeness (QED) is 0.612. The van der Waals surface area contributed by atoms with Crippen molar-refractivity contribution in [3.05, 3.63) is 12.7 Å². The second kappa shape index (κ2) is 4.77. The third-order valence-corrected chi connectivity index (χ3v) is 1.16. The Morgan fingerprint density at radius 1 is 1.73 bits per heavy atom. The monoisotopic (exact) mass is 156 g/mol. The predicted octanol–water partition coefficient (Wildman–Crippen LogP) is 1.22. The normalized spacial score (nSPS) is 9.45. The fourth-order valence-electron chi connectivity index (χ4n) is 0.634. The molecule has 0 unspecified atom stereocenters. The van der Waals surface area contributed by atoms with Gasteiger partial charge in [0.05, 0.1) is 0 Å². The zero-order valence-corrected chi connectivity index (χ0v) is 7.42. The summed E-state index contributed by atoms with van der Waals surface area (Å²) in [5.41, 5.74) is 0. The Labute approximate surface area is 68.1 Å². The molecule has 0 saturated heterocycles. The van der Waals surface area contributed by atoms with Crippen molar-refractivity contribution in [3.8, 4) is 0 Å². The molecule has 1 N–H and O–H groups in total. The van der Waals surface area contributed by atoms with Gasteiger partial charge in [-0.25, -0.2) is 4.79 Å². The van der Waals surface area contributed by atoms with Crippen LogP contribution in [0.25, 0.3) is 0 Å². The molecule has 0 radical (unpaired) electrons. The Kier molecular flexibility index (Phi) is 4.34. The summed E-state index contributed by atoms with van der Waals surface area (Å²) < 4.78 is 0. The molecule has 3 heteroatoms. The van der Waals surface area contributed by atoms with E-state index in [0.717, 1.165) is 0 Å². The summed E-state index contributed by atoms with van der Waals surface area (Å²) >= 11 is 0. The number of carbonyl (C=O) groups is 1. The Morgan fingerprint density at radius 3 is 2.64 bits per heavy atom. The first kappa shape index (κ1) is 10.0. The summed E-state index contributed by atoms with van der Waals surface area (Å²) in [7, 11) is 1.74. The first-order chi connectivity index (χ1) is 5.07. The molecule has 64 valence electrons. The average Bonchev–Trinajstić information content (AvgIpc) is 1.86. The van der Waals surface area contributed by atoms with E-state index in [1.54, 1.807) is 18.0 Å². The minimum Gasteiger partial charge on any atom is -0.336 e. The van der Waals surface area contributed by atoms with E-state index in [4.69, 9.17) is 0 Å². The fourth-order valence-corrected chi connectivity index (χ4v) is 0.634. The van der Waals surface area contributed by atoms with Gasteiger partial charge in [0.1, 0.15) is 0 Å². The van der Waals surface area contributed by atoms with E-state index in [9.17, 15) is 4.79 Å². The third-order valence-electron chi connectivity index (χ3n) is 1.16. The van der Waals surface area contributed by atoms with Crippen molar-refractivity contribution >= 4 is 6.03 Å². The van der Waals surface area contributed by atoms with E-state index < -0.39 is 0 Å². The van der Waals surface area contributed by atoms with E-state index in [1.807, 2.05) is 13.8 Å². The van der Waals surface area contributed by atoms with Crippen molar-refractivity contribution in [2.45, 2.75) is 19.9 Å². The van der Waals surface area contributed by atoms with Gasteiger partial charge in [0.25, 0.3) is 0 Å².